The Bertz CT molecular complexity index is 971. The number of nitrogens with zero attached hydrogens (tertiary/aromatic N) is 5. The Morgan fingerprint density at radius 2 is 1.79 bits per heavy atom. The predicted octanol–water partition coefficient (Wildman–Crippen LogP) is 2.23. The van der Waals surface area contributed by atoms with E-state index in [-0.39, 0.29) is 5.91 Å². The highest BCUT2D eigenvalue weighted by molar-refractivity contribution is 6.01. The van der Waals surface area contributed by atoms with E-state index < -0.39 is 0 Å². The van der Waals surface area contributed by atoms with Crippen molar-refractivity contribution in [3.05, 3.63) is 72.1 Å². The van der Waals surface area contributed by atoms with Crippen LogP contribution in [0.15, 0.2) is 54.9 Å². The molecule has 0 bridgehead atoms. The Morgan fingerprint density at radius 3 is 2.61 bits per heavy atom. The average Bonchev–Trinajstić information content (AvgIpc) is 3.30. The third-order valence-corrected chi connectivity index (χ3v) is 5.73. The van der Waals surface area contributed by atoms with Gasteiger partial charge in [0.15, 0.2) is 0 Å². The fourth-order valence-electron chi connectivity index (χ4n) is 4.37. The number of anilines is 1. The second-order valence-corrected chi connectivity index (χ2v) is 7.64. The molecule has 1 amide bonds. The van der Waals surface area contributed by atoms with Crippen molar-refractivity contribution >= 4 is 11.6 Å². The first kappa shape index (κ1) is 17.1. The van der Waals surface area contributed by atoms with Gasteiger partial charge >= 0.3 is 0 Å². The maximum absolute atomic E-state index is 12.7. The first-order valence-corrected chi connectivity index (χ1v) is 9.66. The van der Waals surface area contributed by atoms with Crippen LogP contribution in [0.5, 0.6) is 0 Å². The van der Waals surface area contributed by atoms with Gasteiger partial charge in [-0.15, -0.1) is 10.2 Å². The Hall–Kier alpha value is -3.06. The minimum Gasteiger partial charge on any atom is -0.319 e. The van der Waals surface area contributed by atoms with Crippen molar-refractivity contribution in [2.45, 2.75) is 19.5 Å². The summed E-state index contributed by atoms with van der Waals surface area (Å²) in [5.41, 5.74) is 2.05. The van der Waals surface area contributed by atoms with Gasteiger partial charge in [0.2, 0.25) is 5.82 Å². The molecule has 0 unspecified atom stereocenters. The molecule has 2 aliphatic heterocycles. The van der Waals surface area contributed by atoms with Gasteiger partial charge in [0.05, 0.1) is 0 Å². The van der Waals surface area contributed by atoms with E-state index in [1.807, 2.05) is 47.3 Å². The maximum Gasteiger partial charge on any atom is 0.293 e. The van der Waals surface area contributed by atoms with Crippen LogP contribution in [0.2, 0.25) is 0 Å². The number of nitrogens with one attached hydrogen (secondary N) is 1. The number of carbonyl (C=O) groups is 1. The van der Waals surface area contributed by atoms with Gasteiger partial charge in [0.25, 0.3) is 5.91 Å². The Morgan fingerprint density at radius 1 is 1.00 bits per heavy atom. The minimum atomic E-state index is -0.199. The largest absolute Gasteiger partial charge is 0.319 e. The van der Waals surface area contributed by atoms with E-state index in [0.29, 0.717) is 17.7 Å². The molecular formula is C21H22N6O. The molecule has 0 saturated carbocycles. The number of carbonyl (C=O) groups excluding carboxylic acids is 1. The van der Waals surface area contributed by atoms with Gasteiger partial charge in [0, 0.05) is 50.7 Å². The van der Waals surface area contributed by atoms with Crippen LogP contribution in [0.4, 0.5) is 5.69 Å². The highest BCUT2D eigenvalue weighted by atomic mass is 16.2. The fraction of sp³-hybridized carbons (Fsp3) is 0.333. The molecule has 1 saturated heterocycles. The van der Waals surface area contributed by atoms with Crippen molar-refractivity contribution in [3.8, 4) is 0 Å². The Labute approximate surface area is 163 Å². The van der Waals surface area contributed by atoms with Gasteiger partial charge in [-0.2, -0.15) is 0 Å². The Balaban J connectivity index is 1.29. The quantitative estimate of drug-likeness (QED) is 0.758. The summed E-state index contributed by atoms with van der Waals surface area (Å²) in [6.07, 6.45) is 4.57. The van der Waals surface area contributed by atoms with Crippen LogP contribution < -0.4 is 5.32 Å². The van der Waals surface area contributed by atoms with Crippen molar-refractivity contribution < 1.29 is 4.79 Å². The molecule has 3 aromatic rings. The molecule has 0 spiro atoms. The van der Waals surface area contributed by atoms with E-state index in [0.717, 1.165) is 44.1 Å². The van der Waals surface area contributed by atoms with E-state index in [1.54, 1.807) is 0 Å². The highest BCUT2D eigenvalue weighted by Gasteiger charge is 2.39. The first-order chi connectivity index (χ1) is 13.8. The number of rotatable bonds is 4. The van der Waals surface area contributed by atoms with Gasteiger partial charge in [-0.05, 0) is 41.7 Å². The SMILES string of the molecule is O=C(Nc1ccccc1)c1nnc2n1C[C@@H]1CN(Cc3ccncc3)C[C@@H]1C2. The van der Waals surface area contributed by atoms with Crippen LogP contribution >= 0.6 is 0 Å². The molecule has 5 rings (SSSR count). The second kappa shape index (κ2) is 7.16. The second-order valence-electron chi connectivity index (χ2n) is 7.64. The number of para-hydroxylation sites is 1. The third kappa shape index (κ3) is 3.29. The van der Waals surface area contributed by atoms with Crippen molar-refractivity contribution in [1.29, 1.82) is 0 Å². The number of amides is 1. The lowest BCUT2D eigenvalue weighted by Gasteiger charge is -2.25. The summed E-state index contributed by atoms with van der Waals surface area (Å²) in [7, 11) is 0. The van der Waals surface area contributed by atoms with Crippen molar-refractivity contribution in [1.82, 2.24) is 24.6 Å². The number of hydrogen-bond donors (Lipinski definition) is 1. The number of pyridine rings is 1. The van der Waals surface area contributed by atoms with Crippen molar-refractivity contribution in [2.24, 2.45) is 11.8 Å². The van der Waals surface area contributed by atoms with Crippen LogP contribution in [-0.2, 0) is 19.5 Å². The van der Waals surface area contributed by atoms with E-state index in [1.165, 1.54) is 5.56 Å². The zero-order valence-corrected chi connectivity index (χ0v) is 15.5. The summed E-state index contributed by atoms with van der Waals surface area (Å²) >= 11 is 0. The van der Waals surface area contributed by atoms with Crippen LogP contribution in [0.3, 0.4) is 0 Å². The molecule has 2 aromatic heterocycles. The minimum absolute atomic E-state index is 0.199. The fourth-order valence-corrected chi connectivity index (χ4v) is 4.37. The normalized spacial score (nSPS) is 21.1. The lowest BCUT2D eigenvalue weighted by Crippen LogP contribution is -2.31. The lowest BCUT2D eigenvalue weighted by atomic mass is 9.89. The summed E-state index contributed by atoms with van der Waals surface area (Å²) in [4.78, 5) is 19.3. The first-order valence-electron chi connectivity index (χ1n) is 9.66. The lowest BCUT2D eigenvalue weighted by molar-refractivity contribution is 0.100. The zero-order valence-electron chi connectivity index (χ0n) is 15.5. The summed E-state index contributed by atoms with van der Waals surface area (Å²) in [5.74, 6) is 2.22. The van der Waals surface area contributed by atoms with Crippen LogP contribution in [0.1, 0.15) is 22.0 Å². The van der Waals surface area contributed by atoms with Gasteiger partial charge < -0.3 is 9.88 Å². The van der Waals surface area contributed by atoms with E-state index in [9.17, 15) is 4.79 Å². The van der Waals surface area contributed by atoms with E-state index in [2.05, 4.69) is 37.5 Å². The summed E-state index contributed by atoms with van der Waals surface area (Å²) in [6, 6.07) is 13.6. The summed E-state index contributed by atoms with van der Waals surface area (Å²) < 4.78 is 2.01. The molecule has 1 aromatic carbocycles. The molecule has 2 aliphatic rings. The summed E-state index contributed by atoms with van der Waals surface area (Å²) in [5, 5.41) is 11.4. The molecule has 7 heteroatoms. The number of hydrogen-bond acceptors (Lipinski definition) is 5. The smallest absolute Gasteiger partial charge is 0.293 e. The van der Waals surface area contributed by atoms with Gasteiger partial charge in [-0.25, -0.2) is 0 Å². The zero-order chi connectivity index (χ0) is 18.9. The predicted molar refractivity (Wildman–Crippen MR) is 105 cm³/mol. The monoisotopic (exact) mass is 374 g/mol. The van der Waals surface area contributed by atoms with Gasteiger partial charge in [-0.3, -0.25) is 14.7 Å². The molecule has 28 heavy (non-hydrogen) atoms. The topological polar surface area (TPSA) is 75.9 Å². The van der Waals surface area contributed by atoms with E-state index in [4.69, 9.17) is 0 Å². The molecule has 7 nitrogen and oxygen atoms in total. The average molecular weight is 374 g/mol. The van der Waals surface area contributed by atoms with Crippen LogP contribution in [0.25, 0.3) is 0 Å². The standard InChI is InChI=1S/C21H22N6O/c28-21(23-18-4-2-1-3-5-18)20-25-24-19-10-16-12-26(13-17(16)14-27(19)20)11-15-6-8-22-9-7-15/h1-9,16-17H,10-14H2,(H,23,28)/t16-,17-/m0/s1. The Kier molecular flexibility index (Phi) is 4.37. The van der Waals surface area contributed by atoms with Gasteiger partial charge in [-0.1, -0.05) is 18.2 Å². The van der Waals surface area contributed by atoms with Gasteiger partial charge in [0.1, 0.15) is 5.82 Å². The number of aromatic nitrogens is 4. The molecular weight excluding hydrogens is 352 g/mol. The van der Waals surface area contributed by atoms with Crippen molar-refractivity contribution in [3.63, 3.8) is 0 Å². The molecule has 1 fully saturated rings. The van der Waals surface area contributed by atoms with Crippen LogP contribution in [-0.4, -0.2) is 43.6 Å². The highest BCUT2D eigenvalue weighted by Crippen LogP contribution is 2.33. The van der Waals surface area contributed by atoms with Crippen molar-refractivity contribution in [2.75, 3.05) is 18.4 Å². The summed E-state index contributed by atoms with van der Waals surface area (Å²) in [6.45, 7) is 3.84. The molecule has 142 valence electrons. The molecule has 2 atom stereocenters. The number of fused-ring (bicyclic) bond motifs is 2. The number of likely N-dealkylation sites (tertiary alicyclic amines) is 1. The number of benzene rings is 1. The molecule has 4 heterocycles. The molecule has 1 N–H and O–H groups in total. The van der Waals surface area contributed by atoms with E-state index >= 15 is 0 Å². The van der Waals surface area contributed by atoms with Crippen LogP contribution in [0, 0.1) is 11.8 Å². The maximum atomic E-state index is 12.7. The third-order valence-electron chi connectivity index (χ3n) is 5.73. The molecule has 0 radical (unpaired) electrons. The molecule has 0 aliphatic carbocycles.